The van der Waals surface area contributed by atoms with Crippen molar-refractivity contribution in [3.05, 3.63) is 29.8 Å². The third kappa shape index (κ3) is 7.73. The van der Waals surface area contributed by atoms with Gasteiger partial charge in [0.25, 0.3) is 0 Å². The summed E-state index contributed by atoms with van der Waals surface area (Å²) in [6, 6.07) is 6.33. The summed E-state index contributed by atoms with van der Waals surface area (Å²) in [5.74, 6) is 0.719. The number of hydrogen-bond acceptors (Lipinski definition) is 3. The van der Waals surface area contributed by atoms with Crippen LogP contribution in [0.4, 0.5) is 18.0 Å². The fraction of sp³-hybridized carbons (Fsp3) is 0.533. The average Bonchev–Trinajstić information content (AvgIpc) is 2.46. The minimum atomic E-state index is -4.37. The van der Waals surface area contributed by atoms with Crippen LogP contribution < -0.4 is 10.1 Å². The first kappa shape index (κ1) is 19.1. The molecule has 130 valence electrons. The Bertz CT molecular complexity index is 492. The minimum absolute atomic E-state index is 0.207. The molecular formula is C15H21F3N2O3. The summed E-state index contributed by atoms with van der Waals surface area (Å²) in [6.45, 7) is 0.415. The van der Waals surface area contributed by atoms with Crippen LogP contribution in [0.25, 0.3) is 0 Å². The molecular weight excluding hydrogens is 313 g/mol. The molecule has 0 aliphatic carbocycles. The number of halogens is 3. The number of benzene rings is 1. The van der Waals surface area contributed by atoms with Crippen LogP contribution in [0.15, 0.2) is 24.3 Å². The number of alkyl halides is 3. The molecule has 1 rings (SSSR count). The molecule has 5 nitrogen and oxygen atoms in total. The summed E-state index contributed by atoms with van der Waals surface area (Å²) in [5.41, 5.74) is 0.907. The highest BCUT2D eigenvalue weighted by atomic mass is 19.4. The number of nitrogens with zero attached hydrogens (tertiary/aromatic N) is 1. The molecule has 0 saturated carbocycles. The topological polar surface area (TPSA) is 50.8 Å². The van der Waals surface area contributed by atoms with Crippen molar-refractivity contribution in [2.24, 2.45) is 0 Å². The predicted octanol–water partition coefficient (Wildman–Crippen LogP) is 2.80. The molecule has 0 bridgehead atoms. The first-order valence-electron chi connectivity index (χ1n) is 7.00. The monoisotopic (exact) mass is 334 g/mol. The van der Waals surface area contributed by atoms with Gasteiger partial charge in [-0.1, -0.05) is 12.1 Å². The molecule has 1 aromatic carbocycles. The molecule has 0 aliphatic rings. The first-order valence-corrected chi connectivity index (χ1v) is 7.00. The molecule has 0 fully saturated rings. The number of hydrogen-bond donors (Lipinski definition) is 1. The molecule has 0 saturated heterocycles. The second kappa shape index (κ2) is 8.61. The van der Waals surface area contributed by atoms with E-state index in [9.17, 15) is 18.0 Å². The maximum absolute atomic E-state index is 12.0. The van der Waals surface area contributed by atoms with Gasteiger partial charge in [0.1, 0.15) is 12.4 Å². The van der Waals surface area contributed by atoms with E-state index in [2.05, 4.69) is 10.1 Å². The fourth-order valence-electron chi connectivity index (χ4n) is 1.79. The highest BCUT2D eigenvalue weighted by Gasteiger charge is 2.27. The Kier molecular flexibility index (Phi) is 7.15. The number of carbonyl (C=O) groups excluding carboxylic acids is 1. The highest BCUT2D eigenvalue weighted by molar-refractivity contribution is 5.74. The molecule has 0 aromatic heterocycles. The zero-order valence-corrected chi connectivity index (χ0v) is 13.3. The minimum Gasteiger partial charge on any atom is -0.497 e. The van der Waals surface area contributed by atoms with Crippen LogP contribution in [-0.4, -0.2) is 50.5 Å². The lowest BCUT2D eigenvalue weighted by Gasteiger charge is -2.21. The Balaban J connectivity index is 2.37. The summed E-state index contributed by atoms with van der Waals surface area (Å²) in [6.07, 6.45) is -4.37. The van der Waals surface area contributed by atoms with Crippen molar-refractivity contribution in [1.82, 2.24) is 10.2 Å². The first-order chi connectivity index (χ1) is 10.7. The number of carbonyl (C=O) groups is 1. The van der Waals surface area contributed by atoms with Crippen LogP contribution in [-0.2, 0) is 11.3 Å². The summed E-state index contributed by atoms with van der Waals surface area (Å²) in [4.78, 5) is 13.4. The number of nitrogens with one attached hydrogen (secondary N) is 1. The molecule has 1 aromatic rings. The lowest BCUT2D eigenvalue weighted by atomic mass is 10.2. The molecule has 0 radical (unpaired) electrons. The van der Waals surface area contributed by atoms with Gasteiger partial charge in [-0.3, -0.25) is 0 Å². The molecule has 0 aliphatic heterocycles. The molecule has 0 spiro atoms. The van der Waals surface area contributed by atoms with Crippen LogP contribution in [0.2, 0.25) is 0 Å². The van der Waals surface area contributed by atoms with Gasteiger partial charge in [-0.05, 0) is 24.6 Å². The third-order valence-corrected chi connectivity index (χ3v) is 2.93. The van der Waals surface area contributed by atoms with E-state index in [1.165, 1.54) is 4.90 Å². The van der Waals surface area contributed by atoms with Crippen molar-refractivity contribution in [2.75, 3.05) is 27.4 Å². The largest absolute Gasteiger partial charge is 0.497 e. The average molecular weight is 334 g/mol. The van der Waals surface area contributed by atoms with Crippen molar-refractivity contribution >= 4 is 6.03 Å². The quantitative estimate of drug-likeness (QED) is 0.834. The van der Waals surface area contributed by atoms with Crippen molar-refractivity contribution < 1.29 is 27.4 Å². The highest BCUT2D eigenvalue weighted by Crippen LogP contribution is 2.14. The third-order valence-electron chi connectivity index (χ3n) is 2.93. The van der Waals surface area contributed by atoms with E-state index in [0.717, 1.165) is 11.3 Å². The lowest BCUT2D eigenvalue weighted by Crippen LogP contribution is -2.43. The second-order valence-electron chi connectivity index (χ2n) is 5.18. The Morgan fingerprint density at radius 3 is 2.43 bits per heavy atom. The Morgan fingerprint density at radius 1 is 1.30 bits per heavy atom. The predicted molar refractivity (Wildman–Crippen MR) is 79.3 cm³/mol. The van der Waals surface area contributed by atoms with Crippen molar-refractivity contribution in [1.29, 1.82) is 0 Å². The normalized spacial score (nSPS) is 12.6. The smallest absolute Gasteiger partial charge is 0.411 e. The zero-order valence-electron chi connectivity index (χ0n) is 13.3. The van der Waals surface area contributed by atoms with E-state index in [1.807, 2.05) is 12.1 Å². The Morgan fingerprint density at radius 2 is 1.91 bits per heavy atom. The number of amides is 2. The molecule has 0 heterocycles. The van der Waals surface area contributed by atoms with E-state index in [4.69, 9.17) is 4.74 Å². The van der Waals surface area contributed by atoms with Gasteiger partial charge in [0.15, 0.2) is 0 Å². The van der Waals surface area contributed by atoms with Gasteiger partial charge < -0.3 is 19.7 Å². The van der Waals surface area contributed by atoms with Gasteiger partial charge in [0.05, 0.1) is 19.8 Å². The van der Waals surface area contributed by atoms with Gasteiger partial charge in [-0.25, -0.2) is 4.79 Å². The van der Waals surface area contributed by atoms with E-state index in [-0.39, 0.29) is 12.6 Å². The summed E-state index contributed by atoms with van der Waals surface area (Å²) in [5, 5.41) is 2.58. The van der Waals surface area contributed by atoms with Crippen LogP contribution in [0.5, 0.6) is 5.75 Å². The fourth-order valence-corrected chi connectivity index (χ4v) is 1.79. The van der Waals surface area contributed by atoms with Crippen LogP contribution in [0.1, 0.15) is 12.5 Å². The van der Waals surface area contributed by atoms with Crippen molar-refractivity contribution in [2.45, 2.75) is 25.7 Å². The van der Waals surface area contributed by atoms with E-state index >= 15 is 0 Å². The van der Waals surface area contributed by atoms with Gasteiger partial charge in [0.2, 0.25) is 0 Å². The Hall–Kier alpha value is -1.96. The van der Waals surface area contributed by atoms with Crippen LogP contribution >= 0.6 is 0 Å². The number of ether oxygens (including phenoxy) is 2. The zero-order chi connectivity index (χ0) is 17.5. The number of methoxy groups -OCH3 is 1. The van der Waals surface area contributed by atoms with Crippen molar-refractivity contribution in [3.8, 4) is 5.75 Å². The molecule has 1 atom stereocenters. The molecule has 23 heavy (non-hydrogen) atoms. The van der Waals surface area contributed by atoms with Crippen molar-refractivity contribution in [3.63, 3.8) is 0 Å². The second-order valence-corrected chi connectivity index (χ2v) is 5.18. The van der Waals surface area contributed by atoms with E-state index in [1.54, 1.807) is 33.2 Å². The van der Waals surface area contributed by atoms with E-state index < -0.39 is 18.8 Å². The number of urea groups is 1. The maximum Gasteiger partial charge on any atom is 0.411 e. The lowest BCUT2D eigenvalue weighted by molar-refractivity contribution is -0.174. The summed E-state index contributed by atoms with van der Waals surface area (Å²) in [7, 11) is 3.17. The molecule has 1 N–H and O–H groups in total. The Labute approximate surface area is 133 Å². The summed E-state index contributed by atoms with van der Waals surface area (Å²) >= 11 is 0. The van der Waals surface area contributed by atoms with Crippen LogP contribution in [0, 0.1) is 0 Å². The number of rotatable bonds is 7. The van der Waals surface area contributed by atoms with Gasteiger partial charge in [-0.15, -0.1) is 0 Å². The maximum atomic E-state index is 12.0. The SMILES string of the molecule is COc1ccc(CN(C)C(=O)N[C@H](C)COCC(F)(F)F)cc1. The van der Waals surface area contributed by atoms with E-state index in [0.29, 0.717) is 6.54 Å². The molecule has 2 amide bonds. The standard InChI is InChI=1S/C15H21F3N2O3/c1-11(9-23-10-15(16,17)18)19-14(21)20(2)8-12-4-6-13(22-3)7-5-12/h4-7,11H,8-10H2,1-3H3,(H,19,21)/t11-/m1/s1. The molecule has 8 heteroatoms. The van der Waals surface area contributed by atoms with Crippen LogP contribution in [0.3, 0.4) is 0 Å². The summed E-state index contributed by atoms with van der Waals surface area (Å²) < 4.78 is 45.5. The van der Waals surface area contributed by atoms with Gasteiger partial charge in [0, 0.05) is 13.6 Å². The van der Waals surface area contributed by atoms with Gasteiger partial charge >= 0.3 is 12.2 Å². The van der Waals surface area contributed by atoms with Gasteiger partial charge in [-0.2, -0.15) is 13.2 Å². The molecule has 0 unspecified atom stereocenters.